The largest absolute Gasteiger partial charge is 0.481 e. The fourth-order valence-corrected chi connectivity index (χ4v) is 2.34. The molecule has 0 spiro atoms. The van der Waals surface area contributed by atoms with E-state index in [1.54, 1.807) is 0 Å². The smallest absolute Gasteiger partial charge is 0.309 e. The van der Waals surface area contributed by atoms with Crippen molar-refractivity contribution in [3.05, 3.63) is 34.9 Å². The summed E-state index contributed by atoms with van der Waals surface area (Å²) >= 11 is 0. The molecule has 2 unspecified atom stereocenters. The molecular weight excluding hydrogens is 228 g/mol. The molecule has 0 heterocycles. The molecule has 0 aliphatic carbocycles. The van der Waals surface area contributed by atoms with Gasteiger partial charge < -0.3 is 10.2 Å². The van der Waals surface area contributed by atoms with Crippen molar-refractivity contribution >= 4 is 5.97 Å². The van der Waals surface area contributed by atoms with Crippen LogP contribution in [0.3, 0.4) is 0 Å². The fourth-order valence-electron chi connectivity index (χ4n) is 2.34. The third kappa shape index (κ3) is 3.33. The summed E-state index contributed by atoms with van der Waals surface area (Å²) in [5.74, 6) is -1.64. The van der Waals surface area contributed by atoms with Crippen LogP contribution in [0.25, 0.3) is 0 Å². The third-order valence-corrected chi connectivity index (χ3v) is 3.40. The van der Waals surface area contributed by atoms with Crippen LogP contribution < -0.4 is 0 Å². The van der Waals surface area contributed by atoms with Crippen molar-refractivity contribution < 1.29 is 15.0 Å². The second-order valence-corrected chi connectivity index (χ2v) is 4.84. The minimum Gasteiger partial charge on any atom is -0.481 e. The van der Waals surface area contributed by atoms with E-state index in [0.717, 1.165) is 29.5 Å². The predicted octanol–water partition coefficient (Wildman–Crippen LogP) is 3.23. The quantitative estimate of drug-likeness (QED) is 0.815. The van der Waals surface area contributed by atoms with E-state index in [4.69, 9.17) is 0 Å². The SMILES string of the molecule is CCCCC(C(=O)O)C(O)c1c(C)cccc1C. The number of aryl methyl sites for hydroxylation is 2. The Labute approximate surface area is 108 Å². The van der Waals surface area contributed by atoms with Crippen LogP contribution in [0.5, 0.6) is 0 Å². The van der Waals surface area contributed by atoms with Gasteiger partial charge in [-0.3, -0.25) is 4.79 Å². The minimum atomic E-state index is -0.921. The fraction of sp³-hybridized carbons (Fsp3) is 0.533. The number of aliphatic hydroxyl groups is 1. The molecule has 0 amide bonds. The normalized spacial score (nSPS) is 14.2. The van der Waals surface area contributed by atoms with Gasteiger partial charge in [0.2, 0.25) is 0 Å². The van der Waals surface area contributed by atoms with Gasteiger partial charge in [-0.1, -0.05) is 38.0 Å². The molecule has 0 aliphatic rings. The highest BCUT2D eigenvalue weighted by molar-refractivity contribution is 5.71. The topological polar surface area (TPSA) is 57.5 Å². The summed E-state index contributed by atoms with van der Waals surface area (Å²) < 4.78 is 0. The lowest BCUT2D eigenvalue weighted by Gasteiger charge is -2.22. The molecule has 18 heavy (non-hydrogen) atoms. The number of hydrogen-bond donors (Lipinski definition) is 2. The first-order valence-corrected chi connectivity index (χ1v) is 6.46. The Bertz CT molecular complexity index is 392. The molecule has 0 bridgehead atoms. The van der Waals surface area contributed by atoms with Crippen LogP contribution in [-0.2, 0) is 4.79 Å². The molecule has 1 rings (SSSR count). The Balaban J connectivity index is 3.01. The average molecular weight is 250 g/mol. The molecule has 0 fully saturated rings. The maximum atomic E-state index is 11.3. The van der Waals surface area contributed by atoms with E-state index in [2.05, 4.69) is 0 Å². The molecule has 1 aromatic carbocycles. The van der Waals surface area contributed by atoms with Crippen molar-refractivity contribution in [3.63, 3.8) is 0 Å². The van der Waals surface area contributed by atoms with Crippen LogP contribution in [0, 0.1) is 19.8 Å². The summed E-state index contributed by atoms with van der Waals surface area (Å²) in [4.78, 5) is 11.3. The highest BCUT2D eigenvalue weighted by atomic mass is 16.4. The Kier molecular flexibility index (Phi) is 5.35. The third-order valence-electron chi connectivity index (χ3n) is 3.40. The molecule has 0 saturated heterocycles. The number of unbranched alkanes of at least 4 members (excludes halogenated alkanes) is 1. The van der Waals surface area contributed by atoms with E-state index in [-0.39, 0.29) is 0 Å². The Hall–Kier alpha value is -1.35. The van der Waals surface area contributed by atoms with Crippen LogP contribution in [-0.4, -0.2) is 16.2 Å². The van der Waals surface area contributed by atoms with Crippen molar-refractivity contribution in [1.82, 2.24) is 0 Å². The molecule has 2 N–H and O–H groups in total. The molecule has 1 aromatic rings. The van der Waals surface area contributed by atoms with Gasteiger partial charge >= 0.3 is 5.97 Å². The van der Waals surface area contributed by atoms with Gasteiger partial charge in [-0.15, -0.1) is 0 Å². The summed E-state index contributed by atoms with van der Waals surface area (Å²) in [5.41, 5.74) is 2.66. The predicted molar refractivity (Wildman–Crippen MR) is 71.5 cm³/mol. The molecule has 0 saturated carbocycles. The molecule has 0 radical (unpaired) electrons. The standard InChI is InChI=1S/C15H22O3/c1-4-5-9-12(15(17)18)14(16)13-10(2)7-6-8-11(13)3/h6-8,12,14,16H,4-5,9H2,1-3H3,(H,17,18). The monoisotopic (exact) mass is 250 g/mol. The maximum Gasteiger partial charge on any atom is 0.309 e. The summed E-state index contributed by atoms with van der Waals surface area (Å²) in [6.07, 6.45) is 1.35. The Morgan fingerprint density at radius 3 is 2.28 bits per heavy atom. The van der Waals surface area contributed by atoms with Crippen LogP contribution in [0.1, 0.15) is 49.0 Å². The molecule has 0 aliphatic heterocycles. The van der Waals surface area contributed by atoms with Crippen LogP contribution in [0.15, 0.2) is 18.2 Å². The minimum absolute atomic E-state index is 0.515. The zero-order valence-corrected chi connectivity index (χ0v) is 11.3. The van der Waals surface area contributed by atoms with E-state index >= 15 is 0 Å². The number of benzene rings is 1. The summed E-state index contributed by atoms with van der Waals surface area (Å²) in [7, 11) is 0. The number of carbonyl (C=O) groups is 1. The van der Waals surface area contributed by atoms with Crippen molar-refractivity contribution in [2.45, 2.75) is 46.1 Å². The molecular formula is C15H22O3. The highest BCUT2D eigenvalue weighted by Crippen LogP contribution is 2.31. The van der Waals surface area contributed by atoms with Gasteiger partial charge in [-0.25, -0.2) is 0 Å². The van der Waals surface area contributed by atoms with Crippen molar-refractivity contribution in [1.29, 1.82) is 0 Å². The lowest BCUT2D eigenvalue weighted by Crippen LogP contribution is -2.23. The van der Waals surface area contributed by atoms with Crippen LogP contribution in [0.2, 0.25) is 0 Å². The van der Waals surface area contributed by atoms with E-state index in [1.807, 2.05) is 39.0 Å². The molecule has 2 atom stereocenters. The lowest BCUT2D eigenvalue weighted by molar-refractivity contribution is -0.146. The molecule has 3 heteroatoms. The first kappa shape index (κ1) is 14.7. The number of hydrogen-bond acceptors (Lipinski definition) is 2. The maximum absolute atomic E-state index is 11.3. The zero-order valence-electron chi connectivity index (χ0n) is 11.3. The van der Waals surface area contributed by atoms with Crippen molar-refractivity contribution in [2.24, 2.45) is 5.92 Å². The molecule has 0 aromatic heterocycles. The average Bonchev–Trinajstić information content (AvgIpc) is 2.28. The van der Waals surface area contributed by atoms with Crippen molar-refractivity contribution in [3.8, 4) is 0 Å². The summed E-state index contributed by atoms with van der Waals surface area (Å²) in [6, 6.07) is 5.73. The van der Waals surface area contributed by atoms with Crippen molar-refractivity contribution in [2.75, 3.05) is 0 Å². The van der Waals surface area contributed by atoms with E-state index in [9.17, 15) is 15.0 Å². The van der Waals surface area contributed by atoms with E-state index in [0.29, 0.717) is 6.42 Å². The van der Waals surface area contributed by atoms with E-state index < -0.39 is 18.0 Å². The summed E-state index contributed by atoms with van der Waals surface area (Å²) in [5, 5.41) is 19.6. The number of aliphatic hydroxyl groups excluding tert-OH is 1. The number of carboxylic acid groups (broad SMARTS) is 1. The van der Waals surface area contributed by atoms with Gasteiger partial charge in [0, 0.05) is 0 Å². The van der Waals surface area contributed by atoms with E-state index in [1.165, 1.54) is 0 Å². The van der Waals surface area contributed by atoms with Crippen LogP contribution >= 0.6 is 0 Å². The lowest BCUT2D eigenvalue weighted by atomic mass is 9.87. The second kappa shape index (κ2) is 6.55. The van der Waals surface area contributed by atoms with Gasteiger partial charge in [0.15, 0.2) is 0 Å². The van der Waals surface area contributed by atoms with Gasteiger partial charge in [-0.05, 0) is 37.0 Å². The number of carboxylic acids is 1. The second-order valence-electron chi connectivity index (χ2n) is 4.84. The van der Waals surface area contributed by atoms with Gasteiger partial charge in [0.05, 0.1) is 12.0 Å². The first-order valence-electron chi connectivity index (χ1n) is 6.46. The van der Waals surface area contributed by atoms with Crippen LogP contribution in [0.4, 0.5) is 0 Å². The highest BCUT2D eigenvalue weighted by Gasteiger charge is 2.28. The number of rotatable bonds is 6. The van der Waals surface area contributed by atoms with Gasteiger partial charge in [0.25, 0.3) is 0 Å². The first-order chi connectivity index (χ1) is 8.49. The molecule has 3 nitrogen and oxygen atoms in total. The Morgan fingerprint density at radius 2 is 1.83 bits per heavy atom. The van der Waals surface area contributed by atoms with Gasteiger partial charge in [-0.2, -0.15) is 0 Å². The van der Waals surface area contributed by atoms with Gasteiger partial charge in [0.1, 0.15) is 0 Å². The Morgan fingerprint density at radius 1 is 1.28 bits per heavy atom. The zero-order chi connectivity index (χ0) is 13.7. The number of aliphatic carboxylic acids is 1. The summed E-state index contributed by atoms with van der Waals surface area (Å²) in [6.45, 7) is 5.83. The molecule has 100 valence electrons.